The summed E-state index contributed by atoms with van der Waals surface area (Å²) in [5.74, 6) is 0.656. The number of amides is 1. The number of pyridine rings is 1. The summed E-state index contributed by atoms with van der Waals surface area (Å²) < 4.78 is 0. The van der Waals surface area contributed by atoms with E-state index in [0.29, 0.717) is 23.6 Å². The molecule has 1 saturated heterocycles. The Balaban J connectivity index is 1.64. The Morgan fingerprint density at radius 3 is 2.96 bits per heavy atom. The maximum Gasteiger partial charge on any atom is 0.255 e. The van der Waals surface area contributed by atoms with Gasteiger partial charge in [-0.15, -0.1) is 0 Å². The van der Waals surface area contributed by atoms with Crippen LogP contribution < -0.4 is 0 Å². The third-order valence-electron chi connectivity index (χ3n) is 4.16. The fourth-order valence-electron chi connectivity index (χ4n) is 3.03. The molecule has 1 aliphatic heterocycles. The van der Waals surface area contributed by atoms with Crippen LogP contribution in [0.25, 0.3) is 11.5 Å². The van der Waals surface area contributed by atoms with E-state index < -0.39 is 0 Å². The van der Waals surface area contributed by atoms with E-state index in [-0.39, 0.29) is 11.9 Å². The van der Waals surface area contributed by atoms with E-state index in [1.165, 1.54) is 0 Å². The molecule has 0 radical (unpaired) electrons. The molecule has 0 bridgehead atoms. The van der Waals surface area contributed by atoms with Gasteiger partial charge in [-0.3, -0.25) is 14.8 Å². The number of carbonyl (C=O) groups is 1. The van der Waals surface area contributed by atoms with Crippen LogP contribution in [-0.2, 0) is 0 Å². The molecule has 0 saturated carbocycles. The van der Waals surface area contributed by atoms with E-state index in [1.807, 2.05) is 4.90 Å². The van der Waals surface area contributed by atoms with Crippen LogP contribution in [0.2, 0.25) is 0 Å². The summed E-state index contributed by atoms with van der Waals surface area (Å²) in [6.45, 7) is 0.713. The van der Waals surface area contributed by atoms with E-state index in [2.05, 4.69) is 24.9 Å². The molecular weight excluding hydrogens is 304 g/mol. The van der Waals surface area contributed by atoms with Gasteiger partial charge < -0.3 is 9.88 Å². The van der Waals surface area contributed by atoms with E-state index >= 15 is 0 Å². The Hall–Kier alpha value is -3.09. The second kappa shape index (κ2) is 6.19. The number of nitrogens with zero attached hydrogens (tertiary/aromatic N) is 5. The van der Waals surface area contributed by atoms with Gasteiger partial charge in [-0.05, 0) is 25.0 Å². The zero-order valence-electron chi connectivity index (χ0n) is 13.0. The lowest BCUT2D eigenvalue weighted by atomic mass is 10.1. The van der Waals surface area contributed by atoms with Crippen molar-refractivity contribution in [3.8, 4) is 11.5 Å². The first kappa shape index (κ1) is 14.5. The number of imidazole rings is 1. The quantitative estimate of drug-likeness (QED) is 0.799. The molecule has 3 aromatic rings. The van der Waals surface area contributed by atoms with Gasteiger partial charge >= 0.3 is 0 Å². The minimum atomic E-state index is -0.0693. The Morgan fingerprint density at radius 2 is 2.17 bits per heavy atom. The molecule has 24 heavy (non-hydrogen) atoms. The van der Waals surface area contributed by atoms with Crippen molar-refractivity contribution < 1.29 is 4.79 Å². The average Bonchev–Trinajstić information content (AvgIpc) is 3.34. The van der Waals surface area contributed by atoms with Crippen LogP contribution in [0, 0.1) is 0 Å². The molecule has 0 spiro atoms. The number of aromatic nitrogens is 5. The monoisotopic (exact) mass is 320 g/mol. The number of hydrogen-bond donors (Lipinski definition) is 1. The standard InChI is InChI=1S/C17H16N6O/c24-17(12-3-1-5-18-9-12)23-8-2-4-15(23)13-10-19-11-14(22-13)16-20-6-7-21-16/h1,3,5-7,9-11,15H,2,4,8H2,(H,20,21)/t15-/m0/s1. The van der Waals surface area contributed by atoms with Crippen molar-refractivity contribution in [2.75, 3.05) is 6.54 Å². The molecule has 7 heteroatoms. The van der Waals surface area contributed by atoms with Gasteiger partial charge in [-0.1, -0.05) is 0 Å². The van der Waals surface area contributed by atoms with Crippen LogP contribution in [0.3, 0.4) is 0 Å². The molecule has 1 N–H and O–H groups in total. The molecule has 0 aromatic carbocycles. The Morgan fingerprint density at radius 1 is 1.21 bits per heavy atom. The van der Waals surface area contributed by atoms with E-state index in [4.69, 9.17) is 0 Å². The second-order valence-electron chi connectivity index (χ2n) is 5.67. The van der Waals surface area contributed by atoms with Crippen molar-refractivity contribution in [3.63, 3.8) is 0 Å². The molecule has 120 valence electrons. The molecule has 1 atom stereocenters. The topological polar surface area (TPSA) is 87.7 Å². The zero-order chi connectivity index (χ0) is 16.4. The molecule has 7 nitrogen and oxygen atoms in total. The highest BCUT2D eigenvalue weighted by molar-refractivity contribution is 5.94. The van der Waals surface area contributed by atoms with Crippen molar-refractivity contribution in [3.05, 3.63) is 60.6 Å². The van der Waals surface area contributed by atoms with E-state index in [9.17, 15) is 4.79 Å². The number of nitrogens with one attached hydrogen (secondary N) is 1. The van der Waals surface area contributed by atoms with Crippen molar-refractivity contribution in [1.82, 2.24) is 29.8 Å². The normalized spacial score (nSPS) is 17.2. The van der Waals surface area contributed by atoms with Crippen molar-refractivity contribution >= 4 is 5.91 Å². The lowest BCUT2D eigenvalue weighted by Gasteiger charge is -2.24. The van der Waals surface area contributed by atoms with Crippen LogP contribution >= 0.6 is 0 Å². The maximum absolute atomic E-state index is 12.8. The van der Waals surface area contributed by atoms with Gasteiger partial charge in [-0.2, -0.15) is 0 Å². The predicted molar refractivity (Wildman–Crippen MR) is 86.9 cm³/mol. The molecule has 1 aliphatic rings. The number of rotatable bonds is 3. The Bertz CT molecular complexity index is 833. The molecule has 3 aromatic heterocycles. The first-order valence-corrected chi connectivity index (χ1v) is 7.85. The molecular formula is C17H16N6O. The van der Waals surface area contributed by atoms with Crippen molar-refractivity contribution in [2.24, 2.45) is 0 Å². The summed E-state index contributed by atoms with van der Waals surface area (Å²) >= 11 is 0. The molecule has 0 unspecified atom stereocenters. The lowest BCUT2D eigenvalue weighted by molar-refractivity contribution is 0.0732. The van der Waals surface area contributed by atoms with Gasteiger partial charge in [-0.25, -0.2) is 9.97 Å². The van der Waals surface area contributed by atoms with Crippen LogP contribution in [-0.4, -0.2) is 42.3 Å². The van der Waals surface area contributed by atoms with E-state index in [0.717, 1.165) is 18.5 Å². The van der Waals surface area contributed by atoms with E-state index in [1.54, 1.807) is 49.3 Å². The fraction of sp³-hybridized carbons (Fsp3) is 0.235. The minimum absolute atomic E-state index is 0.0178. The van der Waals surface area contributed by atoms with Crippen LogP contribution in [0.4, 0.5) is 0 Å². The fourth-order valence-corrected chi connectivity index (χ4v) is 3.03. The highest BCUT2D eigenvalue weighted by Crippen LogP contribution is 2.32. The number of H-pyrrole nitrogens is 1. The summed E-state index contributed by atoms with van der Waals surface area (Å²) in [5.41, 5.74) is 2.07. The first-order valence-electron chi connectivity index (χ1n) is 7.85. The van der Waals surface area contributed by atoms with Gasteiger partial charge in [0.05, 0.1) is 29.7 Å². The van der Waals surface area contributed by atoms with Crippen molar-refractivity contribution in [2.45, 2.75) is 18.9 Å². The average molecular weight is 320 g/mol. The Kier molecular flexibility index (Phi) is 3.74. The SMILES string of the molecule is O=C(c1cccnc1)N1CCC[C@H]1c1cncc(-c2ncc[nH]2)n1. The predicted octanol–water partition coefficient (Wildman–Crippen LogP) is 2.24. The summed E-state index contributed by atoms with van der Waals surface area (Å²) in [6, 6.07) is 3.49. The molecule has 0 aliphatic carbocycles. The summed E-state index contributed by atoms with van der Waals surface area (Å²) in [4.78, 5) is 34.8. The summed E-state index contributed by atoms with van der Waals surface area (Å²) in [7, 11) is 0. The molecule has 1 amide bonds. The van der Waals surface area contributed by atoms with Gasteiger partial charge in [0.2, 0.25) is 0 Å². The van der Waals surface area contributed by atoms with Crippen LogP contribution in [0.15, 0.2) is 49.3 Å². The lowest BCUT2D eigenvalue weighted by Crippen LogP contribution is -2.31. The minimum Gasteiger partial charge on any atom is -0.343 e. The summed E-state index contributed by atoms with van der Waals surface area (Å²) in [6.07, 6.45) is 11.9. The van der Waals surface area contributed by atoms with Gasteiger partial charge in [0.25, 0.3) is 5.91 Å². The number of likely N-dealkylation sites (tertiary alicyclic amines) is 1. The molecule has 4 rings (SSSR count). The Labute approximate surface area is 138 Å². The number of carbonyl (C=O) groups excluding carboxylic acids is 1. The number of aromatic amines is 1. The third kappa shape index (κ3) is 2.64. The van der Waals surface area contributed by atoms with Crippen molar-refractivity contribution in [1.29, 1.82) is 0 Å². The smallest absolute Gasteiger partial charge is 0.255 e. The zero-order valence-corrected chi connectivity index (χ0v) is 13.0. The maximum atomic E-state index is 12.8. The highest BCUT2D eigenvalue weighted by atomic mass is 16.2. The van der Waals surface area contributed by atoms with Gasteiger partial charge in [0.15, 0.2) is 5.82 Å². The van der Waals surface area contributed by atoms with Crippen LogP contribution in [0.5, 0.6) is 0 Å². The third-order valence-corrected chi connectivity index (χ3v) is 4.16. The second-order valence-corrected chi connectivity index (χ2v) is 5.67. The molecule has 1 fully saturated rings. The van der Waals surface area contributed by atoms with Gasteiger partial charge in [0, 0.05) is 31.3 Å². The van der Waals surface area contributed by atoms with Crippen LogP contribution in [0.1, 0.15) is 34.9 Å². The van der Waals surface area contributed by atoms with Gasteiger partial charge in [0.1, 0.15) is 5.69 Å². The summed E-state index contributed by atoms with van der Waals surface area (Å²) in [5, 5.41) is 0. The highest BCUT2D eigenvalue weighted by Gasteiger charge is 2.32. The first-order chi connectivity index (χ1) is 11.8. The molecule has 4 heterocycles. The number of hydrogen-bond acceptors (Lipinski definition) is 5. The largest absolute Gasteiger partial charge is 0.343 e.